The van der Waals surface area contributed by atoms with E-state index in [0.717, 1.165) is 11.1 Å². The molecule has 0 spiro atoms. The number of carbonyl (C=O) groups is 1. The third-order valence-electron chi connectivity index (χ3n) is 4.71. The predicted octanol–water partition coefficient (Wildman–Crippen LogP) is 4.56. The molecule has 144 valence electrons. The first-order valence-corrected chi connectivity index (χ1v) is 9.36. The Morgan fingerprint density at radius 2 is 2.07 bits per heavy atom. The molecule has 1 aliphatic rings. The maximum absolute atomic E-state index is 12.9. The second-order valence-electron chi connectivity index (χ2n) is 7.97. The van der Waals surface area contributed by atoms with E-state index in [1.165, 1.54) is 6.07 Å². The maximum atomic E-state index is 12.9. The molecule has 0 amide bonds. The number of Topliss-reactive ketones (excluding diaryl/α,β-unsaturated/α-hetero) is 1. The number of hydrogen-bond donors (Lipinski definition) is 1. The van der Waals surface area contributed by atoms with Crippen LogP contribution in [0, 0.1) is 5.92 Å². The summed E-state index contributed by atoms with van der Waals surface area (Å²) in [5.41, 5.74) is 2.18. The Balaban J connectivity index is 2.39. The Morgan fingerprint density at radius 3 is 2.70 bits per heavy atom. The van der Waals surface area contributed by atoms with Crippen LogP contribution in [0.1, 0.15) is 62.5 Å². The number of carbonyl (C=O) groups excluding carboxylic acids is 1. The summed E-state index contributed by atoms with van der Waals surface area (Å²) in [6, 6.07) is 1.46. The summed E-state index contributed by atoms with van der Waals surface area (Å²) < 4.78 is 11.5. The van der Waals surface area contributed by atoms with E-state index in [1.807, 2.05) is 40.7 Å². The first-order valence-electron chi connectivity index (χ1n) is 9.36. The molecule has 1 aromatic heterocycles. The molecule has 0 radical (unpaired) electrons. The Labute approximate surface area is 158 Å². The van der Waals surface area contributed by atoms with Crippen LogP contribution >= 0.6 is 0 Å². The fourth-order valence-corrected chi connectivity index (χ4v) is 3.55. The number of hydrogen-bond acceptors (Lipinski definition) is 5. The number of phenols is 1. The maximum Gasteiger partial charge on any atom is 0.336 e. The highest BCUT2D eigenvalue weighted by atomic mass is 16.5. The van der Waals surface area contributed by atoms with Crippen molar-refractivity contribution in [3.63, 3.8) is 0 Å². The van der Waals surface area contributed by atoms with Crippen LogP contribution in [0.2, 0.25) is 0 Å². The number of ketones is 1. The molecule has 2 aromatic rings. The van der Waals surface area contributed by atoms with Crippen molar-refractivity contribution in [3.05, 3.63) is 44.8 Å². The Bertz CT molecular complexity index is 990. The van der Waals surface area contributed by atoms with Crippen LogP contribution in [0.3, 0.4) is 0 Å². The summed E-state index contributed by atoms with van der Waals surface area (Å²) in [6.45, 7) is 9.74. The van der Waals surface area contributed by atoms with E-state index < -0.39 is 5.63 Å². The van der Waals surface area contributed by atoms with Gasteiger partial charge in [-0.25, -0.2) is 4.79 Å². The van der Waals surface area contributed by atoms with Gasteiger partial charge in [-0.3, -0.25) is 4.79 Å². The van der Waals surface area contributed by atoms with Gasteiger partial charge < -0.3 is 14.3 Å². The van der Waals surface area contributed by atoms with Gasteiger partial charge in [0.1, 0.15) is 23.2 Å². The lowest BCUT2D eigenvalue weighted by Crippen LogP contribution is -2.23. The summed E-state index contributed by atoms with van der Waals surface area (Å²) in [6.07, 6.45) is 3.10. The monoisotopic (exact) mass is 370 g/mol. The summed E-state index contributed by atoms with van der Waals surface area (Å²) >= 11 is 0. The topological polar surface area (TPSA) is 76.7 Å². The first kappa shape index (κ1) is 19.2. The van der Waals surface area contributed by atoms with E-state index in [0.29, 0.717) is 29.5 Å². The van der Waals surface area contributed by atoms with Crippen molar-refractivity contribution >= 4 is 16.8 Å². The normalized spacial score (nSPS) is 15.7. The lowest BCUT2D eigenvalue weighted by atomic mass is 9.90. The molecule has 27 heavy (non-hydrogen) atoms. The van der Waals surface area contributed by atoms with Crippen LogP contribution in [0.5, 0.6) is 11.5 Å². The molecule has 3 rings (SSSR count). The minimum Gasteiger partial charge on any atom is -0.507 e. The van der Waals surface area contributed by atoms with E-state index >= 15 is 0 Å². The van der Waals surface area contributed by atoms with Crippen molar-refractivity contribution in [3.8, 4) is 11.5 Å². The molecule has 1 atom stereocenters. The quantitative estimate of drug-likeness (QED) is 0.474. The Hall–Kier alpha value is -2.56. The SMILES string of the molecule is CC(C)=CCc1c(O)c(C(=O)CC(C)C)c2oc(=O)cc3c2c1O[C@H](C)C3. The lowest BCUT2D eigenvalue weighted by Gasteiger charge is -2.27. The highest BCUT2D eigenvalue weighted by Gasteiger charge is 2.31. The Morgan fingerprint density at radius 1 is 1.37 bits per heavy atom. The second-order valence-corrected chi connectivity index (χ2v) is 7.97. The summed E-state index contributed by atoms with van der Waals surface area (Å²) in [4.78, 5) is 25.0. The van der Waals surface area contributed by atoms with Gasteiger partial charge in [0.15, 0.2) is 11.4 Å². The van der Waals surface area contributed by atoms with Crippen molar-refractivity contribution in [2.45, 2.75) is 60.0 Å². The van der Waals surface area contributed by atoms with Gasteiger partial charge in [-0.05, 0) is 38.7 Å². The molecule has 0 saturated heterocycles. The minimum atomic E-state index is -0.521. The smallest absolute Gasteiger partial charge is 0.336 e. The summed E-state index contributed by atoms with van der Waals surface area (Å²) in [5, 5.41) is 11.6. The summed E-state index contributed by atoms with van der Waals surface area (Å²) in [5.74, 6) is 0.256. The molecule has 1 N–H and O–H groups in total. The number of allylic oxidation sites excluding steroid dienone is 2. The molecule has 5 heteroatoms. The third-order valence-corrected chi connectivity index (χ3v) is 4.71. The van der Waals surface area contributed by atoms with Gasteiger partial charge >= 0.3 is 5.63 Å². The minimum absolute atomic E-state index is 0.0942. The van der Waals surface area contributed by atoms with Crippen LogP contribution in [-0.4, -0.2) is 17.0 Å². The number of rotatable bonds is 5. The van der Waals surface area contributed by atoms with Gasteiger partial charge in [0.2, 0.25) is 0 Å². The van der Waals surface area contributed by atoms with Gasteiger partial charge in [-0.15, -0.1) is 0 Å². The molecule has 0 aliphatic carbocycles. The number of phenolic OH excluding ortho intramolecular Hbond substituents is 1. The molecule has 0 fully saturated rings. The van der Waals surface area contributed by atoms with Crippen molar-refractivity contribution in [2.24, 2.45) is 5.92 Å². The van der Waals surface area contributed by atoms with E-state index in [4.69, 9.17) is 9.15 Å². The summed E-state index contributed by atoms with van der Waals surface area (Å²) in [7, 11) is 0. The second kappa shape index (κ2) is 7.22. The first-order chi connectivity index (χ1) is 12.7. The van der Waals surface area contributed by atoms with Gasteiger partial charge in [0.25, 0.3) is 0 Å². The molecular weight excluding hydrogens is 344 g/mol. The van der Waals surface area contributed by atoms with Crippen molar-refractivity contribution in [1.82, 2.24) is 0 Å². The molecule has 0 saturated carbocycles. The van der Waals surface area contributed by atoms with Crippen LogP contribution in [0.25, 0.3) is 11.0 Å². The van der Waals surface area contributed by atoms with Crippen LogP contribution in [0.4, 0.5) is 0 Å². The average Bonchev–Trinajstić information content (AvgIpc) is 2.52. The molecule has 1 aromatic carbocycles. The van der Waals surface area contributed by atoms with Crippen LogP contribution in [-0.2, 0) is 12.8 Å². The standard InChI is InChI=1S/C22H26O5/c1-11(2)6-7-15-20(25)19(16(23)8-12(3)4)22-18-14(10-17(24)27-22)9-13(5)26-21(15)18/h6,10,12-13,25H,7-9H2,1-5H3/t13-/m1/s1. The number of ether oxygens (including phenoxy) is 1. The van der Waals surface area contributed by atoms with Crippen LogP contribution in [0.15, 0.2) is 26.9 Å². The zero-order chi connectivity index (χ0) is 19.9. The lowest BCUT2D eigenvalue weighted by molar-refractivity contribution is 0.0965. The number of aromatic hydroxyl groups is 1. The molecule has 1 aliphatic heterocycles. The largest absolute Gasteiger partial charge is 0.507 e. The van der Waals surface area contributed by atoms with E-state index in [9.17, 15) is 14.7 Å². The zero-order valence-electron chi connectivity index (χ0n) is 16.5. The van der Waals surface area contributed by atoms with Crippen LogP contribution < -0.4 is 10.4 Å². The van der Waals surface area contributed by atoms with Crippen molar-refractivity contribution < 1.29 is 19.1 Å². The predicted molar refractivity (Wildman–Crippen MR) is 105 cm³/mol. The highest BCUT2D eigenvalue weighted by molar-refractivity contribution is 6.11. The fourth-order valence-electron chi connectivity index (χ4n) is 3.55. The highest BCUT2D eigenvalue weighted by Crippen LogP contribution is 2.45. The van der Waals surface area contributed by atoms with Gasteiger partial charge in [0, 0.05) is 24.5 Å². The van der Waals surface area contributed by atoms with Gasteiger partial charge in [-0.2, -0.15) is 0 Å². The molecule has 0 bridgehead atoms. The van der Waals surface area contributed by atoms with Crippen molar-refractivity contribution in [2.75, 3.05) is 0 Å². The third kappa shape index (κ3) is 3.64. The van der Waals surface area contributed by atoms with E-state index in [2.05, 4.69) is 0 Å². The molecular formula is C22H26O5. The average molecular weight is 370 g/mol. The Kier molecular flexibility index (Phi) is 5.13. The zero-order valence-corrected chi connectivity index (χ0v) is 16.5. The molecule has 0 unspecified atom stereocenters. The van der Waals surface area contributed by atoms with Gasteiger partial charge in [0.05, 0.1) is 5.39 Å². The fraction of sp³-hybridized carbons (Fsp3) is 0.455. The van der Waals surface area contributed by atoms with E-state index in [-0.39, 0.29) is 41.1 Å². The molecule has 5 nitrogen and oxygen atoms in total. The van der Waals surface area contributed by atoms with E-state index in [1.54, 1.807) is 0 Å². The van der Waals surface area contributed by atoms with Gasteiger partial charge in [-0.1, -0.05) is 25.5 Å². The van der Waals surface area contributed by atoms with Crippen molar-refractivity contribution in [1.29, 1.82) is 0 Å². The number of benzene rings is 1. The molecule has 2 heterocycles.